The lowest BCUT2D eigenvalue weighted by Gasteiger charge is -2.38. The number of benzene rings is 2. The number of aliphatic carboxylic acids is 1. The number of primary amides is 1. The SMILES string of the molecule is NC(=O)N1c2ccccc2C=C(OC2OC(C(=O)O)C(O)C(O)C2O)c2ccccc21. The molecule has 6 N–H and O–H groups in total. The van der Waals surface area contributed by atoms with Gasteiger partial charge in [-0.3, -0.25) is 4.90 Å². The van der Waals surface area contributed by atoms with Gasteiger partial charge in [-0.25, -0.2) is 9.59 Å². The number of hydrogen-bond acceptors (Lipinski definition) is 7. The van der Waals surface area contributed by atoms with E-state index in [0.29, 0.717) is 22.5 Å². The Labute approximate surface area is 176 Å². The summed E-state index contributed by atoms with van der Waals surface area (Å²) in [7, 11) is 0. The van der Waals surface area contributed by atoms with E-state index in [0.717, 1.165) is 0 Å². The van der Waals surface area contributed by atoms with Gasteiger partial charge in [0.05, 0.1) is 11.4 Å². The molecule has 0 aliphatic carbocycles. The van der Waals surface area contributed by atoms with E-state index >= 15 is 0 Å². The standard InChI is InChI=1S/C21H20N2O8/c22-21(29)23-12-7-3-1-5-10(12)9-14(11-6-2-4-8-13(11)23)30-20-17(26)15(24)16(25)18(31-20)19(27)28/h1-9,15-18,20,24-26H,(H2,22,29)(H,27,28). The third-order valence-electron chi connectivity index (χ3n) is 5.15. The van der Waals surface area contributed by atoms with Gasteiger partial charge in [0.25, 0.3) is 0 Å². The number of rotatable bonds is 3. The molecule has 0 saturated carbocycles. The molecule has 2 aromatic rings. The van der Waals surface area contributed by atoms with Crippen molar-refractivity contribution in [2.75, 3.05) is 4.90 Å². The molecule has 4 rings (SSSR count). The van der Waals surface area contributed by atoms with E-state index in [4.69, 9.17) is 15.2 Å². The fourth-order valence-corrected chi connectivity index (χ4v) is 3.65. The summed E-state index contributed by atoms with van der Waals surface area (Å²) in [5, 5.41) is 39.5. The number of carboxylic acids is 1. The van der Waals surface area contributed by atoms with Crippen LogP contribution in [0, 0.1) is 0 Å². The topological polar surface area (TPSA) is 163 Å². The highest BCUT2D eigenvalue weighted by Gasteiger charge is 2.48. The molecule has 10 nitrogen and oxygen atoms in total. The highest BCUT2D eigenvalue weighted by molar-refractivity contribution is 6.06. The van der Waals surface area contributed by atoms with Crippen LogP contribution in [0.2, 0.25) is 0 Å². The predicted molar refractivity (Wildman–Crippen MR) is 108 cm³/mol. The van der Waals surface area contributed by atoms with Gasteiger partial charge >= 0.3 is 12.0 Å². The second-order valence-electron chi connectivity index (χ2n) is 7.11. The molecule has 1 fully saturated rings. The summed E-state index contributed by atoms with van der Waals surface area (Å²) in [6.45, 7) is 0. The maximum atomic E-state index is 12.3. The fraction of sp³-hybridized carbons (Fsp3) is 0.238. The summed E-state index contributed by atoms with van der Waals surface area (Å²) < 4.78 is 11.0. The minimum atomic E-state index is -1.84. The van der Waals surface area contributed by atoms with Gasteiger partial charge in [-0.2, -0.15) is 0 Å². The number of fused-ring (bicyclic) bond motifs is 2. The molecule has 5 unspecified atom stereocenters. The van der Waals surface area contributed by atoms with E-state index in [1.165, 1.54) is 4.90 Å². The van der Waals surface area contributed by atoms with Gasteiger partial charge < -0.3 is 35.6 Å². The maximum absolute atomic E-state index is 12.3. The molecule has 0 spiro atoms. The van der Waals surface area contributed by atoms with E-state index in [1.54, 1.807) is 54.6 Å². The molecule has 31 heavy (non-hydrogen) atoms. The molecule has 162 valence electrons. The third kappa shape index (κ3) is 3.62. The maximum Gasteiger partial charge on any atom is 0.335 e. The first kappa shape index (κ1) is 20.8. The number of aliphatic hydroxyl groups is 3. The minimum absolute atomic E-state index is 0.142. The van der Waals surface area contributed by atoms with Gasteiger partial charge in [0.2, 0.25) is 6.29 Å². The van der Waals surface area contributed by atoms with Crippen molar-refractivity contribution in [2.45, 2.75) is 30.7 Å². The number of urea groups is 1. The number of nitrogens with zero attached hydrogens (tertiary/aromatic N) is 1. The van der Waals surface area contributed by atoms with Crippen LogP contribution in [-0.2, 0) is 14.3 Å². The van der Waals surface area contributed by atoms with Crippen molar-refractivity contribution in [1.29, 1.82) is 0 Å². The van der Waals surface area contributed by atoms with Gasteiger partial charge in [0.1, 0.15) is 24.1 Å². The van der Waals surface area contributed by atoms with E-state index < -0.39 is 42.7 Å². The molecular formula is C21H20N2O8. The zero-order chi connectivity index (χ0) is 22.3. The summed E-state index contributed by atoms with van der Waals surface area (Å²) in [5.74, 6) is -1.38. The second kappa shape index (κ2) is 8.00. The number of hydrogen-bond donors (Lipinski definition) is 5. The molecule has 2 heterocycles. The Hall–Kier alpha value is -3.44. The average Bonchev–Trinajstić information content (AvgIpc) is 2.88. The number of carbonyl (C=O) groups excluding carboxylic acids is 1. The number of anilines is 2. The monoisotopic (exact) mass is 428 g/mol. The Balaban J connectivity index is 1.79. The molecule has 2 aromatic carbocycles. The van der Waals surface area contributed by atoms with Crippen LogP contribution in [0.15, 0.2) is 48.5 Å². The highest BCUT2D eigenvalue weighted by Crippen LogP contribution is 2.41. The number of amides is 2. The molecule has 5 atom stereocenters. The molecular weight excluding hydrogens is 408 g/mol. The van der Waals surface area contributed by atoms with Gasteiger partial charge in [0.15, 0.2) is 6.10 Å². The van der Waals surface area contributed by atoms with Gasteiger partial charge in [0, 0.05) is 11.1 Å². The number of carbonyl (C=O) groups is 2. The summed E-state index contributed by atoms with van der Waals surface area (Å²) in [5.41, 5.74) is 7.50. The Morgan fingerprint density at radius 1 is 0.935 bits per heavy atom. The van der Waals surface area contributed by atoms with E-state index in [2.05, 4.69) is 0 Å². The average molecular weight is 428 g/mol. The Morgan fingerprint density at radius 2 is 1.58 bits per heavy atom. The van der Waals surface area contributed by atoms with Crippen LogP contribution in [-0.4, -0.2) is 63.1 Å². The van der Waals surface area contributed by atoms with Gasteiger partial charge in [-0.05, 0) is 24.3 Å². The smallest absolute Gasteiger partial charge is 0.335 e. The zero-order valence-corrected chi connectivity index (χ0v) is 16.0. The zero-order valence-electron chi connectivity index (χ0n) is 16.0. The van der Waals surface area contributed by atoms with Crippen molar-refractivity contribution < 1.29 is 39.5 Å². The quantitative estimate of drug-likeness (QED) is 0.475. The van der Waals surface area contributed by atoms with Crippen LogP contribution in [0.4, 0.5) is 16.2 Å². The lowest BCUT2D eigenvalue weighted by atomic mass is 9.99. The Bertz CT molecular complexity index is 1060. The predicted octanol–water partition coefficient (Wildman–Crippen LogP) is 0.624. The largest absolute Gasteiger partial charge is 0.479 e. The van der Waals surface area contributed by atoms with Gasteiger partial charge in [-0.15, -0.1) is 0 Å². The highest BCUT2D eigenvalue weighted by atomic mass is 16.7. The van der Waals surface area contributed by atoms with Crippen molar-refractivity contribution >= 4 is 35.2 Å². The lowest BCUT2D eigenvalue weighted by Crippen LogP contribution is -2.60. The van der Waals surface area contributed by atoms with Gasteiger partial charge in [-0.1, -0.05) is 30.3 Å². The molecule has 2 amide bonds. The van der Waals surface area contributed by atoms with Crippen molar-refractivity contribution in [3.63, 3.8) is 0 Å². The third-order valence-corrected chi connectivity index (χ3v) is 5.15. The van der Waals surface area contributed by atoms with Crippen molar-refractivity contribution in [2.24, 2.45) is 5.73 Å². The van der Waals surface area contributed by atoms with Crippen LogP contribution in [0.5, 0.6) is 0 Å². The minimum Gasteiger partial charge on any atom is -0.479 e. The Kier molecular flexibility index (Phi) is 5.38. The normalized spacial score (nSPS) is 27.4. The number of para-hydroxylation sites is 2. The summed E-state index contributed by atoms with van der Waals surface area (Å²) >= 11 is 0. The summed E-state index contributed by atoms with van der Waals surface area (Å²) in [6, 6.07) is 12.9. The molecule has 0 aromatic heterocycles. The fourth-order valence-electron chi connectivity index (χ4n) is 3.65. The number of carboxylic acid groups (broad SMARTS) is 1. The molecule has 10 heteroatoms. The van der Waals surface area contributed by atoms with E-state index in [-0.39, 0.29) is 5.76 Å². The summed E-state index contributed by atoms with van der Waals surface area (Å²) in [6.07, 6.45) is -7.21. The molecule has 2 aliphatic heterocycles. The number of ether oxygens (including phenoxy) is 2. The van der Waals surface area contributed by atoms with Crippen LogP contribution in [0.3, 0.4) is 0 Å². The first-order valence-electron chi connectivity index (χ1n) is 9.38. The molecule has 2 aliphatic rings. The van der Waals surface area contributed by atoms with Crippen LogP contribution in [0.25, 0.3) is 11.8 Å². The number of aliphatic hydroxyl groups excluding tert-OH is 3. The van der Waals surface area contributed by atoms with E-state index in [9.17, 15) is 30.0 Å². The van der Waals surface area contributed by atoms with Crippen molar-refractivity contribution in [3.05, 3.63) is 59.7 Å². The Morgan fingerprint density at radius 3 is 2.26 bits per heavy atom. The lowest BCUT2D eigenvalue weighted by molar-refractivity contribution is -0.277. The summed E-state index contributed by atoms with van der Waals surface area (Å²) in [4.78, 5) is 25.0. The van der Waals surface area contributed by atoms with Crippen LogP contribution in [0.1, 0.15) is 11.1 Å². The first-order chi connectivity index (χ1) is 14.8. The first-order valence-corrected chi connectivity index (χ1v) is 9.38. The molecule has 0 bridgehead atoms. The molecule has 1 saturated heterocycles. The molecule has 0 radical (unpaired) electrons. The van der Waals surface area contributed by atoms with Crippen LogP contribution >= 0.6 is 0 Å². The number of nitrogens with two attached hydrogens (primary N) is 1. The van der Waals surface area contributed by atoms with Crippen molar-refractivity contribution in [3.8, 4) is 0 Å². The van der Waals surface area contributed by atoms with E-state index in [1.807, 2.05) is 0 Å². The second-order valence-corrected chi connectivity index (χ2v) is 7.11. The van der Waals surface area contributed by atoms with Crippen molar-refractivity contribution in [1.82, 2.24) is 0 Å². The van der Waals surface area contributed by atoms with Crippen LogP contribution < -0.4 is 10.6 Å².